The lowest BCUT2D eigenvalue weighted by Crippen LogP contribution is -2.54. The Kier molecular flexibility index (Phi) is 15.5. The number of hydrogen-bond acceptors (Lipinski definition) is 5. The summed E-state index contributed by atoms with van der Waals surface area (Å²) in [6.07, 6.45) is 1.84. The Labute approximate surface area is 460 Å². The van der Waals surface area contributed by atoms with Crippen LogP contribution in [0.2, 0.25) is 0 Å². The lowest BCUT2D eigenvalue weighted by molar-refractivity contribution is -0.175. The maximum Gasteiger partial charge on any atom is 0.261 e. The molecule has 3 aliphatic rings. The predicted octanol–water partition coefficient (Wildman–Crippen LogP) is 18.9. The third kappa shape index (κ3) is 12.0. The zero-order valence-corrected chi connectivity index (χ0v) is 53.4. The summed E-state index contributed by atoms with van der Waals surface area (Å²) in [5.74, 6) is -1.05. The van der Waals surface area contributed by atoms with Crippen molar-refractivity contribution in [3.05, 3.63) is 140 Å². The van der Waals surface area contributed by atoms with Crippen molar-refractivity contribution in [1.82, 2.24) is 4.67 Å². The van der Waals surface area contributed by atoms with Gasteiger partial charge in [0.05, 0.1) is 0 Å². The van der Waals surface area contributed by atoms with Crippen molar-refractivity contribution in [3.8, 4) is 0 Å². The highest BCUT2D eigenvalue weighted by Gasteiger charge is 2.68. The highest BCUT2D eigenvalue weighted by molar-refractivity contribution is 7.44. The Morgan fingerprint density at radius 1 is 0.373 bits per heavy atom. The minimum absolute atomic E-state index is 0.183. The lowest BCUT2D eigenvalue weighted by atomic mass is 9.67. The molecule has 0 amide bonds. The van der Waals surface area contributed by atoms with Gasteiger partial charge < -0.3 is 18.5 Å². The molecule has 75 heavy (non-hydrogen) atoms. The van der Waals surface area contributed by atoms with Gasteiger partial charge in [-0.25, -0.2) is 4.67 Å². The van der Waals surface area contributed by atoms with E-state index in [9.17, 15) is 0 Å². The summed E-state index contributed by atoms with van der Waals surface area (Å²) in [6.45, 7) is 63.8. The Morgan fingerprint density at radius 3 is 0.800 bits per heavy atom. The fourth-order valence-electron chi connectivity index (χ4n) is 11.2. The van der Waals surface area contributed by atoms with Gasteiger partial charge in [0.2, 0.25) is 0 Å². The number of nitrogens with zero attached hydrogens (tertiary/aromatic N) is 1. The highest BCUT2D eigenvalue weighted by atomic mass is 31.2. The van der Waals surface area contributed by atoms with E-state index in [1.807, 2.05) is 0 Å². The molecule has 5 nitrogen and oxygen atoms in total. The van der Waals surface area contributed by atoms with Gasteiger partial charge in [0.25, 0.3) is 8.53 Å². The molecule has 0 N–H and O–H groups in total. The third-order valence-electron chi connectivity index (χ3n) is 16.7. The molecule has 7 rings (SSSR count). The summed E-state index contributed by atoms with van der Waals surface area (Å²) in [5, 5.41) is 0. The van der Waals surface area contributed by atoms with Crippen LogP contribution in [-0.2, 0) is 73.0 Å². The van der Waals surface area contributed by atoms with Crippen molar-refractivity contribution in [3.63, 3.8) is 0 Å². The Morgan fingerprint density at radius 2 is 0.600 bits per heavy atom. The standard InChI is InChI=1S/C69H104NO4P/c1-44-30-28-29-31-70(44)75-73-68(53-36-45(59(2,3)4)32-46(37-53)60(5,6)7,54-38-47(61(8,9)10)33-48(39-54)62(11,12)13)57-58(72-67(26,27)71-57)69(74-75,55-40-49(63(14,15)16)34-50(41-55)64(17,18)19)56-42-51(65(20,21)22)35-52(43-56)66(23,24)25/h32-44,57-58H,28-31H2,1-27H3/t44-,57+,58+/m0/s1. The molecule has 0 radical (unpaired) electrons. The van der Waals surface area contributed by atoms with E-state index in [2.05, 4.69) is 264 Å². The van der Waals surface area contributed by atoms with Crippen LogP contribution in [-0.4, -0.2) is 35.3 Å². The number of ether oxygens (including phenoxy) is 2. The number of piperidine rings is 1. The monoisotopic (exact) mass is 1040 g/mol. The van der Waals surface area contributed by atoms with Crippen LogP contribution in [0.4, 0.5) is 0 Å². The van der Waals surface area contributed by atoms with Gasteiger partial charge in [-0.1, -0.05) is 245 Å². The van der Waals surface area contributed by atoms with Crippen LogP contribution in [0.15, 0.2) is 72.8 Å². The predicted molar refractivity (Wildman–Crippen MR) is 320 cm³/mol. The minimum Gasteiger partial charge on any atom is -0.341 e. The van der Waals surface area contributed by atoms with Crippen LogP contribution in [0.3, 0.4) is 0 Å². The van der Waals surface area contributed by atoms with Crippen molar-refractivity contribution >= 4 is 8.53 Å². The molecule has 414 valence electrons. The van der Waals surface area contributed by atoms with Gasteiger partial charge in [0, 0.05) is 12.6 Å². The first-order valence-corrected chi connectivity index (χ1v) is 29.9. The quantitative estimate of drug-likeness (QED) is 0.186. The molecule has 3 aliphatic heterocycles. The van der Waals surface area contributed by atoms with Crippen molar-refractivity contribution < 1.29 is 18.5 Å². The second kappa shape index (κ2) is 19.4. The smallest absolute Gasteiger partial charge is 0.261 e. The Bertz CT molecular complexity index is 2270. The molecule has 4 aromatic rings. The maximum atomic E-state index is 8.71. The Hall–Kier alpha value is -2.89. The van der Waals surface area contributed by atoms with Gasteiger partial charge in [-0.05, 0) is 144 Å². The minimum atomic E-state index is -1.91. The third-order valence-corrected chi connectivity index (χ3v) is 18.6. The van der Waals surface area contributed by atoms with Gasteiger partial charge in [-0.3, -0.25) is 0 Å². The molecule has 3 atom stereocenters. The molecule has 0 unspecified atom stereocenters. The number of hydrogen-bond donors (Lipinski definition) is 0. The van der Waals surface area contributed by atoms with Crippen LogP contribution >= 0.6 is 8.53 Å². The van der Waals surface area contributed by atoms with E-state index in [0.717, 1.165) is 41.6 Å². The van der Waals surface area contributed by atoms with Gasteiger partial charge in [-0.15, -0.1) is 0 Å². The van der Waals surface area contributed by atoms with E-state index in [0.29, 0.717) is 0 Å². The maximum absolute atomic E-state index is 8.71. The second-order valence-electron chi connectivity index (χ2n) is 32.1. The average Bonchev–Trinajstić information content (AvgIpc) is 3.53. The van der Waals surface area contributed by atoms with Gasteiger partial charge in [0.15, 0.2) is 17.0 Å². The van der Waals surface area contributed by atoms with E-state index in [1.165, 1.54) is 50.9 Å². The van der Waals surface area contributed by atoms with Gasteiger partial charge in [0.1, 0.15) is 12.2 Å². The highest BCUT2D eigenvalue weighted by Crippen LogP contribution is 2.67. The van der Waals surface area contributed by atoms with Gasteiger partial charge in [-0.2, -0.15) is 0 Å². The molecule has 0 aromatic heterocycles. The zero-order valence-electron chi connectivity index (χ0n) is 52.5. The molecular weight excluding hydrogens is 938 g/mol. The molecule has 0 spiro atoms. The first-order chi connectivity index (χ1) is 33.8. The molecule has 6 heteroatoms. The Balaban J connectivity index is 1.83. The van der Waals surface area contributed by atoms with E-state index in [-0.39, 0.29) is 49.4 Å². The van der Waals surface area contributed by atoms with Crippen molar-refractivity contribution in [2.24, 2.45) is 0 Å². The number of benzene rings is 4. The molecular formula is C69H104NO4P. The molecule has 3 fully saturated rings. The fraction of sp³-hybridized carbons (Fsp3) is 0.652. The SMILES string of the molecule is C[C@H]1CCCCN1P1OC(c2cc(C(C)(C)C)cc(C(C)(C)C)c2)(c2cc(C(C)(C)C)cc(C(C)(C)C)c2)[C@@H]2OC(C)(C)O[C@H]2C(c2cc(C(C)(C)C)cc(C(C)(C)C)c2)(c2cc(C(C)(C)C)cc(C(C)(C)C)c2)O1. The van der Waals surface area contributed by atoms with Crippen molar-refractivity contribution in [2.75, 3.05) is 6.54 Å². The zero-order chi connectivity index (χ0) is 56.5. The first-order valence-electron chi connectivity index (χ1n) is 28.8. The van der Waals surface area contributed by atoms with Crippen LogP contribution in [0.25, 0.3) is 0 Å². The van der Waals surface area contributed by atoms with Crippen LogP contribution in [0, 0.1) is 0 Å². The van der Waals surface area contributed by atoms with Crippen LogP contribution in [0.1, 0.15) is 273 Å². The molecule has 3 saturated heterocycles. The summed E-state index contributed by atoms with van der Waals surface area (Å²) in [4.78, 5) is 0. The van der Waals surface area contributed by atoms with E-state index in [4.69, 9.17) is 18.5 Å². The fourth-order valence-corrected chi connectivity index (χ4v) is 13.3. The van der Waals surface area contributed by atoms with E-state index in [1.54, 1.807) is 0 Å². The van der Waals surface area contributed by atoms with Crippen LogP contribution < -0.4 is 0 Å². The number of rotatable bonds is 5. The molecule has 0 aliphatic carbocycles. The number of fused-ring (bicyclic) bond motifs is 1. The lowest BCUT2D eigenvalue weighted by Gasteiger charge is -2.45. The van der Waals surface area contributed by atoms with Gasteiger partial charge >= 0.3 is 0 Å². The average molecular weight is 1040 g/mol. The summed E-state index contributed by atoms with van der Waals surface area (Å²) in [6, 6.07) is 29.7. The largest absolute Gasteiger partial charge is 0.341 e. The topological polar surface area (TPSA) is 40.2 Å². The normalized spacial score (nSPS) is 22.5. The molecule has 0 saturated carbocycles. The summed E-state index contributed by atoms with van der Waals surface area (Å²) < 4.78 is 36.0. The molecule has 3 heterocycles. The second-order valence-corrected chi connectivity index (χ2v) is 33.4. The van der Waals surface area contributed by atoms with E-state index < -0.39 is 37.7 Å². The van der Waals surface area contributed by atoms with Crippen molar-refractivity contribution in [1.29, 1.82) is 0 Å². The first kappa shape index (κ1) is 59.8. The summed E-state index contributed by atoms with van der Waals surface area (Å²) in [7, 11) is -1.91. The van der Waals surface area contributed by atoms with Crippen molar-refractivity contribution in [2.45, 2.75) is 285 Å². The summed E-state index contributed by atoms with van der Waals surface area (Å²) >= 11 is 0. The van der Waals surface area contributed by atoms with Crippen LogP contribution in [0.5, 0.6) is 0 Å². The molecule has 4 aromatic carbocycles. The summed E-state index contributed by atoms with van der Waals surface area (Å²) in [5.41, 5.74) is 10.4. The molecule has 0 bridgehead atoms. The van der Waals surface area contributed by atoms with E-state index >= 15 is 0 Å².